The van der Waals surface area contributed by atoms with Gasteiger partial charge in [-0.2, -0.15) is 0 Å². The third-order valence-electron chi connectivity index (χ3n) is 3.65. The van der Waals surface area contributed by atoms with E-state index in [0.717, 1.165) is 29.6 Å². The second-order valence-electron chi connectivity index (χ2n) is 5.00. The van der Waals surface area contributed by atoms with Crippen LogP contribution in [0, 0.1) is 5.92 Å². The number of nitrogens with one attached hydrogen (secondary N) is 2. The summed E-state index contributed by atoms with van der Waals surface area (Å²) in [7, 11) is 0. The summed E-state index contributed by atoms with van der Waals surface area (Å²) in [5.41, 5.74) is 1.11. The Bertz CT molecular complexity index is 403. The Morgan fingerprint density at radius 2 is 2.22 bits per heavy atom. The summed E-state index contributed by atoms with van der Waals surface area (Å²) in [5, 5.41) is 6.91. The van der Waals surface area contributed by atoms with E-state index in [4.69, 9.17) is 9.47 Å². The maximum absolute atomic E-state index is 5.36. The van der Waals surface area contributed by atoms with Crippen molar-refractivity contribution in [1.82, 2.24) is 5.32 Å². The van der Waals surface area contributed by atoms with Crippen molar-refractivity contribution in [2.75, 3.05) is 31.7 Å². The standard InChI is InChI=1S/C14H20N2O2/c1-2-11(9-15-6-1)5-7-16-12-3-4-13-14(8-12)18-10-17-13/h3-4,8,11,15-16H,1-2,5-7,9-10H2. The minimum atomic E-state index is 0.340. The zero-order chi connectivity index (χ0) is 12.2. The molecule has 1 aromatic carbocycles. The Morgan fingerprint density at radius 3 is 3.11 bits per heavy atom. The molecule has 3 rings (SSSR count). The van der Waals surface area contributed by atoms with Crippen LogP contribution in [0.4, 0.5) is 5.69 Å². The Labute approximate surface area is 108 Å². The molecular formula is C14H20N2O2. The molecule has 0 radical (unpaired) electrons. The average molecular weight is 248 g/mol. The third-order valence-corrected chi connectivity index (χ3v) is 3.65. The smallest absolute Gasteiger partial charge is 0.231 e. The molecule has 1 saturated heterocycles. The molecule has 0 bridgehead atoms. The molecular weight excluding hydrogens is 228 g/mol. The fraction of sp³-hybridized carbons (Fsp3) is 0.571. The highest BCUT2D eigenvalue weighted by Crippen LogP contribution is 2.34. The number of ether oxygens (including phenoxy) is 2. The molecule has 1 atom stereocenters. The Morgan fingerprint density at radius 1 is 1.28 bits per heavy atom. The van der Waals surface area contributed by atoms with Gasteiger partial charge in [-0.3, -0.25) is 0 Å². The van der Waals surface area contributed by atoms with E-state index in [0.29, 0.717) is 6.79 Å². The molecule has 4 heteroatoms. The van der Waals surface area contributed by atoms with Crippen LogP contribution in [0.5, 0.6) is 11.5 Å². The number of fused-ring (bicyclic) bond motifs is 1. The van der Waals surface area contributed by atoms with Crippen LogP contribution in [0.3, 0.4) is 0 Å². The van der Waals surface area contributed by atoms with Gasteiger partial charge in [-0.05, 0) is 50.4 Å². The zero-order valence-electron chi connectivity index (χ0n) is 10.6. The van der Waals surface area contributed by atoms with Gasteiger partial charge in [0.2, 0.25) is 6.79 Å². The maximum atomic E-state index is 5.36. The third kappa shape index (κ3) is 2.70. The molecule has 2 heterocycles. The lowest BCUT2D eigenvalue weighted by molar-refractivity contribution is 0.174. The van der Waals surface area contributed by atoms with Crippen molar-refractivity contribution in [1.29, 1.82) is 0 Å². The van der Waals surface area contributed by atoms with Crippen LogP contribution >= 0.6 is 0 Å². The molecule has 2 aliphatic heterocycles. The molecule has 0 spiro atoms. The van der Waals surface area contributed by atoms with E-state index in [9.17, 15) is 0 Å². The summed E-state index contributed by atoms with van der Waals surface area (Å²) >= 11 is 0. The van der Waals surface area contributed by atoms with E-state index in [1.165, 1.54) is 32.4 Å². The lowest BCUT2D eigenvalue weighted by Gasteiger charge is -2.22. The van der Waals surface area contributed by atoms with Gasteiger partial charge in [-0.1, -0.05) is 0 Å². The number of hydrogen-bond donors (Lipinski definition) is 2. The Kier molecular flexibility index (Phi) is 3.55. The molecule has 4 nitrogen and oxygen atoms in total. The van der Waals surface area contributed by atoms with Crippen molar-refractivity contribution in [2.24, 2.45) is 5.92 Å². The Balaban J connectivity index is 1.48. The van der Waals surface area contributed by atoms with E-state index in [-0.39, 0.29) is 0 Å². The van der Waals surface area contributed by atoms with Gasteiger partial charge in [0.05, 0.1) is 0 Å². The minimum absolute atomic E-state index is 0.340. The zero-order valence-corrected chi connectivity index (χ0v) is 10.6. The van der Waals surface area contributed by atoms with E-state index >= 15 is 0 Å². The quantitative estimate of drug-likeness (QED) is 0.857. The van der Waals surface area contributed by atoms with Crippen LogP contribution in [0.1, 0.15) is 19.3 Å². The number of anilines is 1. The topological polar surface area (TPSA) is 42.5 Å². The van der Waals surface area contributed by atoms with Crippen molar-refractivity contribution in [3.8, 4) is 11.5 Å². The molecule has 1 fully saturated rings. The van der Waals surface area contributed by atoms with Crippen molar-refractivity contribution < 1.29 is 9.47 Å². The minimum Gasteiger partial charge on any atom is -0.454 e. The van der Waals surface area contributed by atoms with Gasteiger partial charge >= 0.3 is 0 Å². The summed E-state index contributed by atoms with van der Waals surface area (Å²) in [6, 6.07) is 6.03. The lowest BCUT2D eigenvalue weighted by Crippen LogP contribution is -2.30. The summed E-state index contributed by atoms with van der Waals surface area (Å²) in [4.78, 5) is 0. The molecule has 2 N–H and O–H groups in total. The van der Waals surface area contributed by atoms with Gasteiger partial charge in [0.15, 0.2) is 11.5 Å². The first-order chi connectivity index (χ1) is 8.92. The van der Waals surface area contributed by atoms with Gasteiger partial charge in [0.1, 0.15) is 0 Å². The SMILES string of the molecule is c1cc2c(cc1NCCC1CCCNC1)OCO2. The normalized spacial score (nSPS) is 21.9. The highest BCUT2D eigenvalue weighted by atomic mass is 16.7. The van der Waals surface area contributed by atoms with Crippen molar-refractivity contribution in [3.63, 3.8) is 0 Å². The van der Waals surface area contributed by atoms with Gasteiger partial charge in [-0.25, -0.2) is 0 Å². The molecule has 0 aromatic heterocycles. The first-order valence-corrected chi connectivity index (χ1v) is 6.76. The van der Waals surface area contributed by atoms with E-state index < -0.39 is 0 Å². The number of piperidine rings is 1. The highest BCUT2D eigenvalue weighted by Gasteiger charge is 2.14. The fourth-order valence-corrected chi connectivity index (χ4v) is 2.60. The average Bonchev–Trinajstić information content (AvgIpc) is 2.87. The number of rotatable bonds is 4. The van der Waals surface area contributed by atoms with Crippen molar-refractivity contribution in [2.45, 2.75) is 19.3 Å². The summed E-state index contributed by atoms with van der Waals surface area (Å²) < 4.78 is 10.7. The fourth-order valence-electron chi connectivity index (χ4n) is 2.60. The van der Waals surface area contributed by atoms with Crippen molar-refractivity contribution in [3.05, 3.63) is 18.2 Å². The van der Waals surface area contributed by atoms with Crippen LogP contribution in [-0.4, -0.2) is 26.4 Å². The van der Waals surface area contributed by atoms with Crippen LogP contribution in [0.2, 0.25) is 0 Å². The second-order valence-corrected chi connectivity index (χ2v) is 5.00. The number of hydrogen-bond acceptors (Lipinski definition) is 4. The summed E-state index contributed by atoms with van der Waals surface area (Å²) in [6.45, 7) is 3.72. The first kappa shape index (κ1) is 11.7. The number of benzene rings is 1. The molecule has 0 saturated carbocycles. The van der Waals surface area contributed by atoms with Gasteiger partial charge in [0.25, 0.3) is 0 Å². The molecule has 1 aromatic rings. The summed E-state index contributed by atoms with van der Waals surface area (Å²) in [6.07, 6.45) is 3.89. The van der Waals surface area contributed by atoms with Crippen LogP contribution < -0.4 is 20.1 Å². The van der Waals surface area contributed by atoms with Crippen molar-refractivity contribution >= 4 is 5.69 Å². The molecule has 18 heavy (non-hydrogen) atoms. The molecule has 2 aliphatic rings. The largest absolute Gasteiger partial charge is 0.454 e. The molecule has 0 amide bonds. The highest BCUT2D eigenvalue weighted by molar-refractivity contribution is 5.55. The van der Waals surface area contributed by atoms with Crippen LogP contribution in [0.15, 0.2) is 18.2 Å². The molecule has 0 aliphatic carbocycles. The van der Waals surface area contributed by atoms with Gasteiger partial charge in [-0.15, -0.1) is 0 Å². The molecule has 1 unspecified atom stereocenters. The Hall–Kier alpha value is -1.42. The predicted octanol–water partition coefficient (Wildman–Crippen LogP) is 2.22. The summed E-state index contributed by atoms with van der Waals surface area (Å²) in [5.74, 6) is 2.51. The van der Waals surface area contributed by atoms with Crippen LogP contribution in [-0.2, 0) is 0 Å². The predicted molar refractivity (Wildman–Crippen MR) is 71.3 cm³/mol. The van der Waals surface area contributed by atoms with E-state index in [1.54, 1.807) is 0 Å². The first-order valence-electron chi connectivity index (χ1n) is 6.76. The van der Waals surface area contributed by atoms with Gasteiger partial charge in [0, 0.05) is 18.3 Å². The lowest BCUT2D eigenvalue weighted by atomic mass is 9.96. The monoisotopic (exact) mass is 248 g/mol. The maximum Gasteiger partial charge on any atom is 0.231 e. The molecule has 98 valence electrons. The van der Waals surface area contributed by atoms with E-state index in [2.05, 4.69) is 10.6 Å². The van der Waals surface area contributed by atoms with E-state index in [1.807, 2.05) is 18.2 Å². The van der Waals surface area contributed by atoms with Crippen LogP contribution in [0.25, 0.3) is 0 Å². The van der Waals surface area contributed by atoms with Gasteiger partial charge < -0.3 is 20.1 Å². The second kappa shape index (κ2) is 5.48.